The fraction of sp³-hybridized carbons (Fsp3) is 1.00. The van der Waals surface area contributed by atoms with E-state index in [9.17, 15) is 0 Å². The molecule has 2 unspecified atom stereocenters. The Kier molecular flexibility index (Phi) is 7.38. The van der Waals surface area contributed by atoms with E-state index in [0.29, 0.717) is 11.6 Å². The van der Waals surface area contributed by atoms with E-state index in [-0.39, 0.29) is 0 Å². The molecule has 114 valence electrons. The molecule has 0 saturated heterocycles. The van der Waals surface area contributed by atoms with E-state index in [1.165, 1.54) is 38.5 Å². The first-order valence-electron chi connectivity index (χ1n) is 8.62. The molecule has 1 rings (SSSR count). The van der Waals surface area contributed by atoms with Gasteiger partial charge in [-0.05, 0) is 58.2 Å². The Balaban J connectivity index is 2.89. The second-order valence-electron chi connectivity index (χ2n) is 6.36. The summed E-state index contributed by atoms with van der Waals surface area (Å²) in [5.74, 6) is 0.886. The van der Waals surface area contributed by atoms with Gasteiger partial charge in [0.2, 0.25) is 0 Å². The zero-order valence-electron chi connectivity index (χ0n) is 14.0. The summed E-state index contributed by atoms with van der Waals surface area (Å²) in [6, 6.07) is 0.667. The molecule has 0 aromatic carbocycles. The Morgan fingerprint density at radius 2 is 1.68 bits per heavy atom. The van der Waals surface area contributed by atoms with Gasteiger partial charge in [0.25, 0.3) is 0 Å². The average Bonchev–Trinajstić information content (AvgIpc) is 2.94. The summed E-state index contributed by atoms with van der Waals surface area (Å²) in [6.45, 7) is 15.2. The van der Waals surface area contributed by atoms with Crippen molar-refractivity contribution < 1.29 is 0 Å². The Morgan fingerprint density at radius 3 is 2.11 bits per heavy atom. The minimum Gasteiger partial charge on any atom is -0.312 e. The molecule has 1 aliphatic rings. The van der Waals surface area contributed by atoms with Crippen LogP contribution in [-0.4, -0.2) is 36.1 Å². The molecule has 0 aromatic rings. The van der Waals surface area contributed by atoms with Gasteiger partial charge in [0, 0.05) is 11.6 Å². The first-order valence-corrected chi connectivity index (χ1v) is 8.62. The number of rotatable bonds is 9. The van der Waals surface area contributed by atoms with Gasteiger partial charge >= 0.3 is 0 Å². The lowest BCUT2D eigenvalue weighted by molar-refractivity contribution is 0.0464. The number of nitrogens with one attached hydrogen (secondary N) is 1. The molecule has 0 bridgehead atoms. The summed E-state index contributed by atoms with van der Waals surface area (Å²) in [7, 11) is 0. The molecule has 0 heterocycles. The maximum Gasteiger partial charge on any atom is 0.0334 e. The van der Waals surface area contributed by atoms with Crippen LogP contribution in [0.2, 0.25) is 0 Å². The summed E-state index contributed by atoms with van der Waals surface area (Å²) in [5.41, 5.74) is 0.313. The molecule has 19 heavy (non-hydrogen) atoms. The van der Waals surface area contributed by atoms with Crippen LogP contribution in [0.3, 0.4) is 0 Å². The summed E-state index contributed by atoms with van der Waals surface area (Å²) in [4.78, 5) is 2.68. The van der Waals surface area contributed by atoms with Gasteiger partial charge in [-0.1, -0.05) is 40.5 Å². The molecule has 2 heteroatoms. The summed E-state index contributed by atoms with van der Waals surface area (Å²) < 4.78 is 0. The Morgan fingerprint density at radius 1 is 1.11 bits per heavy atom. The van der Waals surface area contributed by atoms with E-state index in [1.807, 2.05) is 0 Å². The third-order valence-corrected chi connectivity index (χ3v) is 5.36. The van der Waals surface area contributed by atoms with Crippen LogP contribution >= 0.6 is 0 Å². The zero-order chi connectivity index (χ0) is 14.3. The molecule has 1 saturated carbocycles. The molecule has 0 radical (unpaired) electrons. The van der Waals surface area contributed by atoms with Gasteiger partial charge in [-0.25, -0.2) is 0 Å². The van der Waals surface area contributed by atoms with E-state index in [2.05, 4.69) is 44.8 Å². The third kappa shape index (κ3) is 3.95. The molecule has 1 aliphatic carbocycles. The standard InChI is InChI=1S/C17H36N2/c1-6-14-18-16(15-12-10-11-13-15)17(5,7-2)19(8-3)9-4/h15-16,18H,6-14H2,1-5H3. The number of likely N-dealkylation sites (N-methyl/N-ethyl adjacent to an activating group) is 1. The van der Waals surface area contributed by atoms with Crippen LogP contribution in [0.15, 0.2) is 0 Å². The molecule has 0 aliphatic heterocycles. The highest BCUT2D eigenvalue weighted by atomic mass is 15.2. The monoisotopic (exact) mass is 268 g/mol. The molecule has 1 fully saturated rings. The molecule has 0 aromatic heterocycles. The van der Waals surface area contributed by atoms with Crippen LogP contribution in [0.4, 0.5) is 0 Å². The van der Waals surface area contributed by atoms with Crippen molar-refractivity contribution in [1.82, 2.24) is 10.2 Å². The summed E-state index contributed by atoms with van der Waals surface area (Å²) >= 11 is 0. The normalized spacial score (nSPS) is 21.8. The SMILES string of the molecule is CCCNC(C1CCCC1)C(C)(CC)N(CC)CC. The van der Waals surface area contributed by atoms with Crippen molar-refractivity contribution in [3.63, 3.8) is 0 Å². The van der Waals surface area contributed by atoms with Crippen LogP contribution in [0, 0.1) is 5.92 Å². The Labute approximate surface area is 121 Å². The smallest absolute Gasteiger partial charge is 0.0334 e. The molecule has 0 spiro atoms. The Hall–Kier alpha value is -0.0800. The van der Waals surface area contributed by atoms with E-state index in [1.54, 1.807) is 0 Å². The fourth-order valence-corrected chi connectivity index (χ4v) is 4.07. The number of hydrogen-bond acceptors (Lipinski definition) is 2. The second kappa shape index (κ2) is 8.26. The van der Waals surface area contributed by atoms with Crippen molar-refractivity contribution in [3.05, 3.63) is 0 Å². The molecular weight excluding hydrogens is 232 g/mol. The van der Waals surface area contributed by atoms with Gasteiger partial charge in [-0.3, -0.25) is 4.90 Å². The highest BCUT2D eigenvalue weighted by Crippen LogP contribution is 2.36. The van der Waals surface area contributed by atoms with Crippen molar-refractivity contribution in [2.45, 2.75) is 84.7 Å². The maximum atomic E-state index is 3.91. The third-order valence-electron chi connectivity index (χ3n) is 5.36. The number of nitrogens with zero attached hydrogens (tertiary/aromatic N) is 1. The van der Waals surface area contributed by atoms with Crippen LogP contribution in [0.5, 0.6) is 0 Å². The van der Waals surface area contributed by atoms with Gasteiger partial charge in [0.15, 0.2) is 0 Å². The minimum atomic E-state index is 0.313. The second-order valence-corrected chi connectivity index (χ2v) is 6.36. The van der Waals surface area contributed by atoms with Crippen LogP contribution in [0.1, 0.15) is 73.1 Å². The minimum absolute atomic E-state index is 0.313. The molecule has 2 atom stereocenters. The quantitative estimate of drug-likeness (QED) is 0.678. The van der Waals surface area contributed by atoms with Crippen molar-refractivity contribution in [1.29, 1.82) is 0 Å². The summed E-state index contributed by atoms with van der Waals surface area (Å²) in [5, 5.41) is 3.91. The maximum absolute atomic E-state index is 3.91. The highest BCUT2D eigenvalue weighted by Gasteiger charge is 2.41. The van der Waals surface area contributed by atoms with Crippen molar-refractivity contribution >= 4 is 0 Å². The predicted molar refractivity (Wildman–Crippen MR) is 85.7 cm³/mol. The van der Waals surface area contributed by atoms with E-state index in [0.717, 1.165) is 25.6 Å². The first-order chi connectivity index (χ1) is 9.13. The average molecular weight is 268 g/mol. The lowest BCUT2D eigenvalue weighted by Gasteiger charge is -2.48. The van der Waals surface area contributed by atoms with E-state index < -0.39 is 0 Å². The van der Waals surface area contributed by atoms with Crippen LogP contribution in [-0.2, 0) is 0 Å². The van der Waals surface area contributed by atoms with Crippen molar-refractivity contribution in [3.8, 4) is 0 Å². The zero-order valence-corrected chi connectivity index (χ0v) is 14.0. The first kappa shape index (κ1) is 17.0. The number of hydrogen-bond donors (Lipinski definition) is 1. The summed E-state index contributed by atoms with van der Waals surface area (Å²) in [6.07, 6.45) is 8.21. The van der Waals surface area contributed by atoms with Crippen LogP contribution in [0.25, 0.3) is 0 Å². The van der Waals surface area contributed by atoms with Gasteiger partial charge in [-0.2, -0.15) is 0 Å². The molecule has 1 N–H and O–H groups in total. The molecule has 2 nitrogen and oxygen atoms in total. The van der Waals surface area contributed by atoms with E-state index in [4.69, 9.17) is 0 Å². The van der Waals surface area contributed by atoms with Gasteiger partial charge in [-0.15, -0.1) is 0 Å². The fourth-order valence-electron chi connectivity index (χ4n) is 4.07. The van der Waals surface area contributed by atoms with Gasteiger partial charge in [0.05, 0.1) is 0 Å². The Bertz CT molecular complexity index is 231. The molecule has 0 amide bonds. The predicted octanol–water partition coefficient (Wildman–Crippen LogP) is 4.06. The van der Waals surface area contributed by atoms with Gasteiger partial charge in [0.1, 0.15) is 0 Å². The van der Waals surface area contributed by atoms with Crippen molar-refractivity contribution in [2.24, 2.45) is 5.92 Å². The van der Waals surface area contributed by atoms with Crippen molar-refractivity contribution in [2.75, 3.05) is 19.6 Å². The van der Waals surface area contributed by atoms with E-state index >= 15 is 0 Å². The molecular formula is C17H36N2. The highest BCUT2D eigenvalue weighted by molar-refractivity contribution is 5.00. The lowest BCUT2D eigenvalue weighted by atomic mass is 9.78. The van der Waals surface area contributed by atoms with Gasteiger partial charge < -0.3 is 5.32 Å². The topological polar surface area (TPSA) is 15.3 Å². The van der Waals surface area contributed by atoms with Crippen LogP contribution < -0.4 is 5.32 Å². The lowest BCUT2D eigenvalue weighted by Crippen LogP contribution is -2.61. The largest absolute Gasteiger partial charge is 0.312 e.